The van der Waals surface area contributed by atoms with Crippen molar-refractivity contribution >= 4 is 12.6 Å². The van der Waals surface area contributed by atoms with E-state index in [1.807, 2.05) is 6.07 Å². The predicted molar refractivity (Wildman–Crippen MR) is 76.1 cm³/mol. The quantitative estimate of drug-likeness (QED) is 0.763. The maximum absolute atomic E-state index is 9.37. The van der Waals surface area contributed by atoms with Crippen molar-refractivity contribution < 1.29 is 19.5 Å². The molecule has 21 heavy (non-hydrogen) atoms. The largest absolute Gasteiger partial charge is 0.497 e. The van der Waals surface area contributed by atoms with Crippen molar-refractivity contribution in [2.75, 3.05) is 7.11 Å². The maximum Gasteiger partial charge on any atom is 0.492 e. The maximum atomic E-state index is 9.37. The third-order valence-electron chi connectivity index (χ3n) is 2.83. The third-order valence-corrected chi connectivity index (χ3v) is 2.83. The molecule has 2 N–H and O–H groups in total. The molecule has 6 nitrogen and oxygen atoms in total. The first-order valence-corrected chi connectivity index (χ1v) is 6.16. The van der Waals surface area contributed by atoms with E-state index in [1.165, 1.54) is 19.4 Å². The lowest BCUT2D eigenvalue weighted by Gasteiger charge is -2.12. The fraction of sp³-hybridized carbons (Fsp3) is 0.143. The van der Waals surface area contributed by atoms with Gasteiger partial charge < -0.3 is 19.5 Å². The van der Waals surface area contributed by atoms with E-state index in [4.69, 9.17) is 14.7 Å². The molecule has 1 heterocycles. The van der Waals surface area contributed by atoms with Crippen LogP contribution in [0.3, 0.4) is 0 Å². The summed E-state index contributed by atoms with van der Waals surface area (Å²) in [7, 11) is -0.175. The number of hydrogen-bond donors (Lipinski definition) is 2. The topological polar surface area (TPSA) is 95.6 Å². The molecule has 0 aliphatic rings. The molecule has 0 radical (unpaired) electrons. The first kappa shape index (κ1) is 14.8. The number of ether oxygens (including phenoxy) is 2. The molecule has 0 aliphatic heterocycles. The Balaban J connectivity index is 2.17. The summed E-state index contributed by atoms with van der Waals surface area (Å²) in [5.74, 6) is 0.835. The highest BCUT2D eigenvalue weighted by atomic mass is 16.5. The number of methoxy groups -OCH3 is 1. The highest BCUT2D eigenvalue weighted by Crippen LogP contribution is 2.17. The Bertz CT molecular complexity index is 670. The van der Waals surface area contributed by atoms with Gasteiger partial charge in [0.2, 0.25) is 0 Å². The van der Waals surface area contributed by atoms with Crippen LogP contribution >= 0.6 is 0 Å². The van der Waals surface area contributed by atoms with E-state index in [-0.39, 0.29) is 12.1 Å². The molecule has 0 bridgehead atoms. The van der Waals surface area contributed by atoms with Crippen molar-refractivity contribution in [3.05, 3.63) is 47.8 Å². The predicted octanol–water partition coefficient (Wildman–Crippen LogP) is 0.221. The molecular formula is C14H13BN2O4. The van der Waals surface area contributed by atoms with Crippen LogP contribution in [0.15, 0.2) is 36.5 Å². The minimum atomic E-state index is -1.66. The molecule has 2 rings (SSSR count). The van der Waals surface area contributed by atoms with E-state index >= 15 is 0 Å². The molecule has 0 saturated carbocycles. The van der Waals surface area contributed by atoms with E-state index < -0.39 is 7.12 Å². The van der Waals surface area contributed by atoms with E-state index in [1.54, 1.807) is 24.3 Å². The van der Waals surface area contributed by atoms with Gasteiger partial charge in [0.25, 0.3) is 0 Å². The highest BCUT2D eigenvalue weighted by molar-refractivity contribution is 6.59. The molecule has 0 fully saturated rings. The second-order valence-electron chi connectivity index (χ2n) is 4.23. The average molecular weight is 284 g/mol. The molecule has 0 amide bonds. The lowest BCUT2D eigenvalue weighted by molar-refractivity contribution is 0.306. The van der Waals surface area contributed by atoms with Crippen LogP contribution in [0.1, 0.15) is 11.3 Å². The van der Waals surface area contributed by atoms with Gasteiger partial charge in [0.1, 0.15) is 29.9 Å². The molecule has 1 aromatic heterocycles. The first-order valence-electron chi connectivity index (χ1n) is 6.16. The Morgan fingerprint density at radius 1 is 1.29 bits per heavy atom. The molecule has 0 unspecified atom stereocenters. The Labute approximate surface area is 122 Å². The summed E-state index contributed by atoms with van der Waals surface area (Å²) in [5.41, 5.74) is 1.27. The second-order valence-corrected chi connectivity index (χ2v) is 4.23. The Morgan fingerprint density at radius 2 is 2.10 bits per heavy atom. The highest BCUT2D eigenvalue weighted by Gasteiger charge is 2.18. The van der Waals surface area contributed by atoms with Gasteiger partial charge in [0.05, 0.1) is 7.11 Å². The number of hydrogen-bond acceptors (Lipinski definition) is 6. The summed E-state index contributed by atoms with van der Waals surface area (Å²) in [6.07, 6.45) is 1.52. The fourth-order valence-electron chi connectivity index (χ4n) is 1.77. The van der Waals surface area contributed by atoms with Crippen LogP contribution in [-0.2, 0) is 6.61 Å². The first-order chi connectivity index (χ1) is 10.1. The zero-order valence-corrected chi connectivity index (χ0v) is 11.4. The van der Waals surface area contributed by atoms with Crippen LogP contribution in [0.25, 0.3) is 0 Å². The third kappa shape index (κ3) is 3.72. The van der Waals surface area contributed by atoms with Crippen molar-refractivity contribution in [3.63, 3.8) is 0 Å². The van der Waals surface area contributed by atoms with Gasteiger partial charge in [-0.3, -0.25) is 0 Å². The van der Waals surface area contributed by atoms with Gasteiger partial charge in [-0.15, -0.1) is 0 Å². The Hall–Kier alpha value is -2.56. The van der Waals surface area contributed by atoms with Crippen molar-refractivity contribution in [2.45, 2.75) is 6.61 Å². The molecule has 0 spiro atoms. The summed E-state index contributed by atoms with van der Waals surface area (Å²) in [5, 5.41) is 27.5. The summed E-state index contributed by atoms with van der Waals surface area (Å²) in [4.78, 5) is 3.87. The smallest absolute Gasteiger partial charge is 0.492 e. The van der Waals surface area contributed by atoms with Gasteiger partial charge in [-0.25, -0.2) is 4.98 Å². The molecule has 0 atom stereocenters. The number of nitriles is 1. The summed E-state index contributed by atoms with van der Waals surface area (Å²) >= 11 is 0. The van der Waals surface area contributed by atoms with Gasteiger partial charge in [-0.2, -0.15) is 5.26 Å². The van der Waals surface area contributed by atoms with Crippen LogP contribution in [0.4, 0.5) is 0 Å². The number of benzene rings is 1. The van der Waals surface area contributed by atoms with Crippen LogP contribution < -0.4 is 14.9 Å². The van der Waals surface area contributed by atoms with Crippen molar-refractivity contribution in [1.82, 2.24) is 4.98 Å². The molecule has 2 aromatic rings. The van der Waals surface area contributed by atoms with Crippen molar-refractivity contribution in [3.8, 4) is 17.6 Å². The molecule has 1 aromatic carbocycles. The zero-order chi connectivity index (χ0) is 15.2. The Kier molecular flexibility index (Phi) is 4.77. The number of rotatable bonds is 5. The van der Waals surface area contributed by atoms with Gasteiger partial charge in [-0.05, 0) is 35.9 Å². The zero-order valence-electron chi connectivity index (χ0n) is 11.4. The number of nitrogens with zero attached hydrogens (tertiary/aromatic N) is 2. The monoisotopic (exact) mass is 284 g/mol. The Morgan fingerprint density at radius 3 is 2.76 bits per heavy atom. The number of pyridine rings is 1. The van der Waals surface area contributed by atoms with E-state index in [9.17, 15) is 10.0 Å². The molecule has 7 heteroatoms. The van der Waals surface area contributed by atoms with Gasteiger partial charge >= 0.3 is 7.12 Å². The van der Waals surface area contributed by atoms with Crippen LogP contribution in [-0.4, -0.2) is 29.3 Å². The van der Waals surface area contributed by atoms with Crippen LogP contribution in [0.5, 0.6) is 11.5 Å². The van der Waals surface area contributed by atoms with E-state index in [2.05, 4.69) is 4.98 Å². The fourth-order valence-corrected chi connectivity index (χ4v) is 1.77. The number of aromatic nitrogens is 1. The van der Waals surface area contributed by atoms with Crippen molar-refractivity contribution in [2.24, 2.45) is 0 Å². The van der Waals surface area contributed by atoms with Crippen LogP contribution in [0.2, 0.25) is 0 Å². The minimum absolute atomic E-state index is 0.184. The molecule has 106 valence electrons. The van der Waals surface area contributed by atoms with Crippen LogP contribution in [0, 0.1) is 11.3 Å². The van der Waals surface area contributed by atoms with Gasteiger partial charge in [-0.1, -0.05) is 0 Å². The molecule has 0 saturated heterocycles. The minimum Gasteiger partial charge on any atom is -0.497 e. The molecule has 0 aliphatic carbocycles. The average Bonchev–Trinajstić information content (AvgIpc) is 2.52. The summed E-state index contributed by atoms with van der Waals surface area (Å²) in [6.45, 7) is 0.184. The van der Waals surface area contributed by atoms with Crippen molar-refractivity contribution in [1.29, 1.82) is 5.26 Å². The lowest BCUT2D eigenvalue weighted by atomic mass is 9.79. The standard InChI is InChI=1S/C14H13BN2O4/c1-20-12-2-3-14(13(7-12)15(18)19)21-9-10-4-5-17-11(6-10)8-16/h2-7,18-19H,9H2,1H3. The normalized spacial score (nSPS) is 9.81. The summed E-state index contributed by atoms with van der Waals surface area (Å²) in [6, 6.07) is 10.0. The second kappa shape index (κ2) is 6.75. The SMILES string of the molecule is COc1ccc(OCc2ccnc(C#N)c2)c(B(O)O)c1. The van der Waals surface area contributed by atoms with E-state index in [0.717, 1.165) is 5.56 Å². The van der Waals surface area contributed by atoms with Gasteiger partial charge in [0.15, 0.2) is 0 Å². The summed E-state index contributed by atoms with van der Waals surface area (Å²) < 4.78 is 10.6. The molecular weight excluding hydrogens is 271 g/mol. The van der Waals surface area contributed by atoms with Gasteiger partial charge in [0, 0.05) is 11.7 Å². The lowest BCUT2D eigenvalue weighted by Crippen LogP contribution is -2.31. The van der Waals surface area contributed by atoms with E-state index in [0.29, 0.717) is 17.2 Å².